The zero-order chi connectivity index (χ0) is 11.9. The number of aromatic nitrogens is 1. The summed E-state index contributed by atoms with van der Waals surface area (Å²) in [6.07, 6.45) is 5.85. The molecule has 17 heavy (non-hydrogen) atoms. The van der Waals surface area contributed by atoms with E-state index in [4.69, 9.17) is 0 Å². The summed E-state index contributed by atoms with van der Waals surface area (Å²) >= 11 is 0. The number of pyridine rings is 1. The Morgan fingerprint density at radius 2 is 2.24 bits per heavy atom. The van der Waals surface area contributed by atoms with Crippen LogP contribution < -0.4 is 4.90 Å². The van der Waals surface area contributed by atoms with Gasteiger partial charge in [0.15, 0.2) is 0 Å². The van der Waals surface area contributed by atoms with Gasteiger partial charge in [0.05, 0.1) is 11.9 Å². The Hall–Kier alpha value is -1.69. The lowest BCUT2D eigenvalue weighted by Crippen LogP contribution is -2.28. The average molecular weight is 229 g/mol. The predicted molar refractivity (Wildman–Crippen MR) is 70.7 cm³/mol. The standard InChI is InChI=1S/C14H19N3/c1-2-3-8-16-9-5-10-17(12-11-16)14-6-4-7-15-13-14/h4,6-7,13H,2,5,9-12H2,1H3. The minimum Gasteiger partial charge on any atom is -0.368 e. The van der Waals surface area contributed by atoms with Gasteiger partial charge in [-0.2, -0.15) is 0 Å². The van der Waals surface area contributed by atoms with Crippen molar-refractivity contribution in [2.24, 2.45) is 0 Å². The molecule has 1 aromatic rings. The molecule has 3 heteroatoms. The molecule has 0 N–H and O–H groups in total. The summed E-state index contributed by atoms with van der Waals surface area (Å²) in [7, 11) is 0. The number of hydrogen-bond acceptors (Lipinski definition) is 3. The van der Waals surface area contributed by atoms with E-state index >= 15 is 0 Å². The first-order chi connectivity index (χ1) is 8.40. The fourth-order valence-electron chi connectivity index (χ4n) is 2.02. The minimum absolute atomic E-state index is 0.933. The zero-order valence-electron chi connectivity index (χ0n) is 10.4. The molecule has 0 atom stereocenters. The van der Waals surface area contributed by atoms with E-state index in [0.29, 0.717) is 0 Å². The van der Waals surface area contributed by atoms with E-state index in [2.05, 4.69) is 39.7 Å². The SMILES string of the molecule is CCC#CN1CCCN(c2cccnc2)CC1. The summed E-state index contributed by atoms with van der Waals surface area (Å²) in [5.41, 5.74) is 1.22. The van der Waals surface area contributed by atoms with Crippen LogP contribution in [0.3, 0.4) is 0 Å². The van der Waals surface area contributed by atoms with E-state index < -0.39 is 0 Å². The lowest BCUT2D eigenvalue weighted by Gasteiger charge is -2.21. The van der Waals surface area contributed by atoms with Crippen LogP contribution in [0.1, 0.15) is 19.8 Å². The molecule has 3 nitrogen and oxygen atoms in total. The van der Waals surface area contributed by atoms with Gasteiger partial charge in [0, 0.05) is 44.8 Å². The third-order valence-corrected chi connectivity index (χ3v) is 2.92. The summed E-state index contributed by atoms with van der Waals surface area (Å²) in [5.74, 6) is 3.15. The molecule has 0 saturated carbocycles. The molecular formula is C14H19N3. The summed E-state index contributed by atoms with van der Waals surface area (Å²) in [5, 5.41) is 0. The van der Waals surface area contributed by atoms with E-state index in [-0.39, 0.29) is 0 Å². The topological polar surface area (TPSA) is 19.4 Å². The van der Waals surface area contributed by atoms with Crippen molar-refractivity contribution in [1.29, 1.82) is 0 Å². The fourth-order valence-corrected chi connectivity index (χ4v) is 2.02. The molecule has 0 bridgehead atoms. The summed E-state index contributed by atoms with van der Waals surface area (Å²) < 4.78 is 0. The van der Waals surface area contributed by atoms with Gasteiger partial charge in [-0.3, -0.25) is 4.98 Å². The van der Waals surface area contributed by atoms with E-state index in [1.807, 2.05) is 18.5 Å². The maximum atomic E-state index is 4.18. The molecule has 1 aromatic heterocycles. The van der Waals surface area contributed by atoms with Crippen LogP contribution in [-0.4, -0.2) is 36.1 Å². The van der Waals surface area contributed by atoms with Crippen molar-refractivity contribution in [3.05, 3.63) is 24.5 Å². The van der Waals surface area contributed by atoms with Gasteiger partial charge in [-0.05, 0) is 18.6 Å². The van der Waals surface area contributed by atoms with Crippen LogP contribution in [-0.2, 0) is 0 Å². The van der Waals surface area contributed by atoms with Gasteiger partial charge in [-0.1, -0.05) is 12.8 Å². The molecule has 0 aliphatic carbocycles. The van der Waals surface area contributed by atoms with E-state index in [9.17, 15) is 0 Å². The molecule has 2 heterocycles. The van der Waals surface area contributed by atoms with Crippen LogP contribution in [0.15, 0.2) is 24.5 Å². The van der Waals surface area contributed by atoms with Gasteiger partial charge >= 0.3 is 0 Å². The molecular weight excluding hydrogens is 210 g/mol. The number of anilines is 1. The van der Waals surface area contributed by atoms with Gasteiger partial charge in [-0.25, -0.2) is 0 Å². The Bertz CT molecular complexity index is 391. The predicted octanol–water partition coefficient (Wildman–Crippen LogP) is 1.96. The largest absolute Gasteiger partial charge is 0.368 e. The van der Waals surface area contributed by atoms with Crippen molar-refractivity contribution < 1.29 is 0 Å². The van der Waals surface area contributed by atoms with Crippen LogP contribution in [0.4, 0.5) is 5.69 Å². The van der Waals surface area contributed by atoms with Crippen LogP contribution in [0.2, 0.25) is 0 Å². The maximum absolute atomic E-state index is 4.18. The van der Waals surface area contributed by atoms with Gasteiger partial charge < -0.3 is 9.80 Å². The Morgan fingerprint density at radius 3 is 3.00 bits per heavy atom. The van der Waals surface area contributed by atoms with Crippen molar-refractivity contribution in [3.63, 3.8) is 0 Å². The highest BCUT2D eigenvalue weighted by Crippen LogP contribution is 2.14. The van der Waals surface area contributed by atoms with Crippen molar-refractivity contribution in [1.82, 2.24) is 9.88 Å². The molecule has 2 rings (SSSR count). The van der Waals surface area contributed by atoms with Gasteiger partial charge in [0.25, 0.3) is 0 Å². The van der Waals surface area contributed by atoms with Crippen LogP contribution >= 0.6 is 0 Å². The Labute approximate surface area is 103 Å². The van der Waals surface area contributed by atoms with Gasteiger partial charge in [-0.15, -0.1) is 0 Å². The van der Waals surface area contributed by atoms with Crippen LogP contribution in [0.25, 0.3) is 0 Å². The lowest BCUT2D eigenvalue weighted by atomic mass is 10.3. The van der Waals surface area contributed by atoms with Gasteiger partial charge in [0.1, 0.15) is 0 Å². The average Bonchev–Trinajstić information content (AvgIpc) is 2.63. The molecule has 90 valence electrons. The second-order valence-electron chi connectivity index (χ2n) is 4.18. The molecule has 0 unspecified atom stereocenters. The number of hydrogen-bond donors (Lipinski definition) is 0. The fraction of sp³-hybridized carbons (Fsp3) is 0.500. The molecule has 0 spiro atoms. The molecule has 1 aliphatic heterocycles. The minimum atomic E-state index is 0.933. The highest BCUT2D eigenvalue weighted by atomic mass is 15.2. The first-order valence-electron chi connectivity index (χ1n) is 6.28. The Balaban J connectivity index is 1.96. The molecule has 0 amide bonds. The first-order valence-corrected chi connectivity index (χ1v) is 6.28. The molecule has 0 radical (unpaired) electrons. The second-order valence-corrected chi connectivity index (χ2v) is 4.18. The third-order valence-electron chi connectivity index (χ3n) is 2.92. The summed E-state index contributed by atoms with van der Waals surface area (Å²) in [6, 6.07) is 7.34. The molecule has 1 fully saturated rings. The summed E-state index contributed by atoms with van der Waals surface area (Å²) in [4.78, 5) is 8.80. The van der Waals surface area contributed by atoms with Crippen molar-refractivity contribution in [2.75, 3.05) is 31.1 Å². The van der Waals surface area contributed by atoms with Crippen molar-refractivity contribution in [3.8, 4) is 12.0 Å². The van der Waals surface area contributed by atoms with E-state index in [1.165, 1.54) is 5.69 Å². The Morgan fingerprint density at radius 1 is 1.29 bits per heavy atom. The van der Waals surface area contributed by atoms with Crippen LogP contribution in [0.5, 0.6) is 0 Å². The van der Waals surface area contributed by atoms with Gasteiger partial charge in [0.2, 0.25) is 0 Å². The quantitative estimate of drug-likeness (QED) is 0.686. The highest BCUT2D eigenvalue weighted by Gasteiger charge is 2.12. The smallest absolute Gasteiger partial charge is 0.0553 e. The number of rotatable bonds is 1. The maximum Gasteiger partial charge on any atom is 0.0553 e. The third kappa shape index (κ3) is 3.39. The molecule has 1 aliphatic rings. The molecule has 1 saturated heterocycles. The second kappa shape index (κ2) is 6.15. The van der Waals surface area contributed by atoms with Crippen molar-refractivity contribution >= 4 is 5.69 Å². The lowest BCUT2D eigenvalue weighted by molar-refractivity contribution is 0.427. The highest BCUT2D eigenvalue weighted by molar-refractivity contribution is 5.43. The monoisotopic (exact) mass is 229 g/mol. The number of nitrogens with zero attached hydrogens (tertiary/aromatic N) is 3. The zero-order valence-corrected chi connectivity index (χ0v) is 10.4. The van der Waals surface area contributed by atoms with E-state index in [0.717, 1.165) is 39.0 Å². The van der Waals surface area contributed by atoms with Crippen molar-refractivity contribution in [2.45, 2.75) is 19.8 Å². The molecule has 0 aromatic carbocycles. The first kappa shape index (κ1) is 11.8. The van der Waals surface area contributed by atoms with Crippen LogP contribution in [0, 0.1) is 12.0 Å². The Kier molecular flexibility index (Phi) is 4.26. The summed E-state index contributed by atoms with van der Waals surface area (Å²) in [6.45, 7) is 6.30. The van der Waals surface area contributed by atoms with E-state index in [1.54, 1.807) is 0 Å². The normalized spacial score (nSPS) is 16.1.